The summed E-state index contributed by atoms with van der Waals surface area (Å²) in [5.74, 6) is 0. The largest absolute Gasteiger partial charge is 0.321 e. The Bertz CT molecular complexity index is 567. The van der Waals surface area contributed by atoms with Crippen molar-refractivity contribution in [1.29, 1.82) is 0 Å². The van der Waals surface area contributed by atoms with Crippen molar-refractivity contribution < 1.29 is 4.92 Å². The fourth-order valence-electron chi connectivity index (χ4n) is 1.59. The van der Waals surface area contributed by atoms with E-state index in [-0.39, 0.29) is 11.2 Å². The molecule has 5 heteroatoms. The summed E-state index contributed by atoms with van der Waals surface area (Å²) in [5.41, 5.74) is 6.76. The van der Waals surface area contributed by atoms with Gasteiger partial charge in [0.2, 0.25) is 0 Å². The summed E-state index contributed by atoms with van der Waals surface area (Å²) in [6, 6.07) is 10.6. The average molecular weight is 262 g/mol. The smallest absolute Gasteiger partial charge is 0.269 e. The maximum atomic E-state index is 10.6. The summed E-state index contributed by atoms with van der Waals surface area (Å²) < 4.78 is 0. The molecular formula is C13H14N2O2S. The first-order valence-electron chi connectivity index (χ1n) is 5.52. The minimum absolute atomic E-state index is 0.106. The lowest BCUT2D eigenvalue weighted by molar-refractivity contribution is -0.384. The minimum atomic E-state index is -0.396. The number of hydrogen-bond acceptors (Lipinski definition) is 4. The van der Waals surface area contributed by atoms with Crippen LogP contribution >= 0.6 is 11.3 Å². The fourth-order valence-corrected chi connectivity index (χ4v) is 2.61. The first-order valence-corrected chi connectivity index (χ1v) is 6.33. The van der Waals surface area contributed by atoms with E-state index in [9.17, 15) is 10.1 Å². The Morgan fingerprint density at radius 1 is 1.17 bits per heavy atom. The lowest BCUT2D eigenvalue weighted by Gasteiger charge is -2.15. The molecule has 0 radical (unpaired) electrons. The quantitative estimate of drug-likeness (QED) is 0.679. The summed E-state index contributed by atoms with van der Waals surface area (Å²) in [4.78, 5) is 12.3. The normalized spacial score (nSPS) is 11.5. The van der Waals surface area contributed by atoms with E-state index in [1.165, 1.54) is 12.1 Å². The summed E-state index contributed by atoms with van der Waals surface area (Å²) in [6.07, 6.45) is 0. The van der Waals surface area contributed by atoms with Gasteiger partial charge in [-0.2, -0.15) is 0 Å². The van der Waals surface area contributed by atoms with Crippen LogP contribution in [0.1, 0.15) is 18.7 Å². The van der Waals surface area contributed by atoms with Crippen molar-refractivity contribution in [2.45, 2.75) is 19.4 Å². The van der Waals surface area contributed by atoms with Crippen molar-refractivity contribution in [3.05, 3.63) is 51.4 Å². The Morgan fingerprint density at radius 3 is 2.22 bits per heavy atom. The number of hydrogen-bond donors (Lipinski definition) is 1. The Labute approximate surface area is 109 Å². The van der Waals surface area contributed by atoms with Crippen molar-refractivity contribution >= 4 is 17.0 Å². The molecule has 94 valence electrons. The Morgan fingerprint density at radius 2 is 1.78 bits per heavy atom. The highest BCUT2D eigenvalue weighted by atomic mass is 32.1. The second kappa shape index (κ2) is 4.51. The molecule has 2 N–H and O–H groups in total. The molecule has 0 spiro atoms. The number of nitro groups is 1. The number of benzene rings is 1. The molecule has 0 aliphatic rings. The van der Waals surface area contributed by atoms with Crippen molar-refractivity contribution in [2.75, 3.05) is 0 Å². The average Bonchev–Trinajstić information content (AvgIpc) is 2.78. The molecule has 2 rings (SSSR count). The summed E-state index contributed by atoms with van der Waals surface area (Å²) in [7, 11) is 0. The Hall–Kier alpha value is -1.72. The van der Waals surface area contributed by atoms with Gasteiger partial charge in [0.05, 0.1) is 4.92 Å². The van der Waals surface area contributed by atoms with E-state index in [2.05, 4.69) is 0 Å². The zero-order chi connectivity index (χ0) is 13.3. The molecule has 4 nitrogen and oxygen atoms in total. The monoisotopic (exact) mass is 262 g/mol. The van der Waals surface area contributed by atoms with Gasteiger partial charge in [0.1, 0.15) is 0 Å². The van der Waals surface area contributed by atoms with Crippen LogP contribution in [0.5, 0.6) is 0 Å². The lowest BCUT2D eigenvalue weighted by atomic mass is 10.1. The van der Waals surface area contributed by atoms with Crippen LogP contribution < -0.4 is 5.73 Å². The number of thiophene rings is 1. The summed E-state index contributed by atoms with van der Waals surface area (Å²) >= 11 is 1.61. The molecule has 0 aliphatic carbocycles. The lowest BCUT2D eigenvalue weighted by Crippen LogP contribution is -2.27. The molecule has 0 aliphatic heterocycles. The van der Waals surface area contributed by atoms with Gasteiger partial charge in [-0.1, -0.05) is 0 Å². The standard InChI is InChI=1S/C13H14N2O2S/c1-13(2,14)12-8-7-11(18-12)9-3-5-10(6-4-9)15(16)17/h3-8H,14H2,1-2H3. The Balaban J connectivity index is 2.32. The van der Waals surface area contributed by atoms with E-state index in [1.54, 1.807) is 23.5 Å². The first kappa shape index (κ1) is 12.7. The molecule has 1 aromatic heterocycles. The molecule has 0 amide bonds. The summed E-state index contributed by atoms with van der Waals surface area (Å²) in [5, 5.41) is 10.6. The van der Waals surface area contributed by atoms with Crippen molar-refractivity contribution in [3.63, 3.8) is 0 Å². The third-order valence-electron chi connectivity index (χ3n) is 2.60. The van der Waals surface area contributed by atoms with E-state index < -0.39 is 4.92 Å². The molecule has 0 unspecified atom stereocenters. The number of non-ortho nitro benzene ring substituents is 1. The van der Waals surface area contributed by atoms with E-state index in [1.807, 2.05) is 26.0 Å². The second-order valence-corrected chi connectivity index (χ2v) is 5.77. The van der Waals surface area contributed by atoms with Gasteiger partial charge in [-0.3, -0.25) is 10.1 Å². The topological polar surface area (TPSA) is 69.2 Å². The zero-order valence-corrected chi connectivity index (χ0v) is 11.0. The molecule has 2 aromatic rings. The summed E-state index contributed by atoms with van der Waals surface area (Å²) in [6.45, 7) is 3.91. The molecule has 18 heavy (non-hydrogen) atoms. The van der Waals surface area contributed by atoms with Crippen LogP contribution in [0.2, 0.25) is 0 Å². The van der Waals surface area contributed by atoms with Crippen LogP contribution in [-0.4, -0.2) is 4.92 Å². The molecule has 0 fully saturated rings. The Kier molecular flexibility index (Phi) is 3.19. The predicted octanol–water partition coefficient (Wildman–Crippen LogP) is 3.52. The van der Waals surface area contributed by atoms with Gasteiger partial charge in [-0.15, -0.1) is 11.3 Å². The van der Waals surface area contributed by atoms with E-state index in [0.717, 1.165) is 15.3 Å². The van der Waals surface area contributed by atoms with Crippen LogP contribution in [0, 0.1) is 10.1 Å². The van der Waals surface area contributed by atoms with Gasteiger partial charge in [-0.05, 0) is 43.7 Å². The zero-order valence-electron chi connectivity index (χ0n) is 10.2. The highest BCUT2D eigenvalue weighted by Gasteiger charge is 2.17. The number of nitro benzene ring substituents is 1. The molecule has 0 saturated carbocycles. The van der Waals surface area contributed by atoms with Crippen LogP contribution in [0.3, 0.4) is 0 Å². The van der Waals surface area contributed by atoms with E-state index in [4.69, 9.17) is 5.73 Å². The van der Waals surface area contributed by atoms with Crippen molar-refractivity contribution in [3.8, 4) is 10.4 Å². The number of nitrogens with two attached hydrogens (primary N) is 1. The van der Waals surface area contributed by atoms with Gasteiger partial charge < -0.3 is 5.73 Å². The highest BCUT2D eigenvalue weighted by Crippen LogP contribution is 2.33. The molecular weight excluding hydrogens is 248 g/mol. The van der Waals surface area contributed by atoms with Crippen LogP contribution in [-0.2, 0) is 5.54 Å². The maximum absolute atomic E-state index is 10.6. The van der Waals surface area contributed by atoms with Gasteiger partial charge in [0.15, 0.2) is 0 Å². The molecule has 0 saturated heterocycles. The van der Waals surface area contributed by atoms with Gasteiger partial charge in [0.25, 0.3) is 5.69 Å². The maximum Gasteiger partial charge on any atom is 0.269 e. The molecule has 0 bridgehead atoms. The third-order valence-corrected chi connectivity index (χ3v) is 4.08. The first-order chi connectivity index (χ1) is 8.38. The van der Waals surface area contributed by atoms with Gasteiger partial charge in [-0.25, -0.2) is 0 Å². The number of nitrogens with zero attached hydrogens (tertiary/aromatic N) is 1. The second-order valence-electron chi connectivity index (χ2n) is 4.69. The van der Waals surface area contributed by atoms with E-state index >= 15 is 0 Å². The number of rotatable bonds is 3. The SMILES string of the molecule is CC(C)(N)c1ccc(-c2ccc([N+](=O)[O-])cc2)s1. The van der Waals surface area contributed by atoms with Crippen LogP contribution in [0.15, 0.2) is 36.4 Å². The van der Waals surface area contributed by atoms with Crippen LogP contribution in [0.4, 0.5) is 5.69 Å². The van der Waals surface area contributed by atoms with Gasteiger partial charge in [0, 0.05) is 27.4 Å². The van der Waals surface area contributed by atoms with Crippen LogP contribution in [0.25, 0.3) is 10.4 Å². The molecule has 0 atom stereocenters. The predicted molar refractivity (Wildman–Crippen MR) is 73.6 cm³/mol. The van der Waals surface area contributed by atoms with Crippen molar-refractivity contribution in [1.82, 2.24) is 0 Å². The highest BCUT2D eigenvalue weighted by molar-refractivity contribution is 7.15. The van der Waals surface area contributed by atoms with Crippen molar-refractivity contribution in [2.24, 2.45) is 5.73 Å². The molecule has 1 aromatic carbocycles. The molecule has 1 heterocycles. The fraction of sp³-hybridized carbons (Fsp3) is 0.231. The van der Waals surface area contributed by atoms with Gasteiger partial charge >= 0.3 is 0 Å². The minimum Gasteiger partial charge on any atom is -0.321 e. The van der Waals surface area contributed by atoms with E-state index in [0.29, 0.717) is 0 Å². The third kappa shape index (κ3) is 2.57.